The molecule has 1 amide bonds. The number of nitrogens with zero attached hydrogens (tertiary/aromatic N) is 1. The van der Waals surface area contributed by atoms with Crippen molar-refractivity contribution in [3.8, 4) is 0 Å². The van der Waals surface area contributed by atoms with E-state index in [1.54, 1.807) is 0 Å². The lowest BCUT2D eigenvalue weighted by Crippen LogP contribution is -2.40. The molecular weight excluding hydrogens is 312 g/mol. The molecule has 2 aromatic rings. The highest BCUT2D eigenvalue weighted by molar-refractivity contribution is 5.81. The van der Waals surface area contributed by atoms with Crippen molar-refractivity contribution < 1.29 is 9.53 Å². The number of nitrogens with one attached hydrogen (secondary N) is 1. The predicted octanol–water partition coefficient (Wildman–Crippen LogP) is 3.73. The third-order valence-electron chi connectivity index (χ3n) is 4.95. The molecule has 1 saturated heterocycles. The van der Waals surface area contributed by atoms with Crippen LogP contribution in [0.25, 0.3) is 10.9 Å². The van der Waals surface area contributed by atoms with E-state index in [0.29, 0.717) is 31.5 Å². The Kier molecular flexibility index (Phi) is 6.03. The highest BCUT2D eigenvalue weighted by Gasteiger charge is 2.29. The van der Waals surface area contributed by atoms with E-state index in [2.05, 4.69) is 36.3 Å². The van der Waals surface area contributed by atoms with Gasteiger partial charge in [-0.15, -0.1) is 0 Å². The van der Waals surface area contributed by atoms with Crippen molar-refractivity contribution in [3.05, 3.63) is 42.1 Å². The molecule has 1 aromatic heterocycles. The molecule has 1 N–H and O–H groups in total. The fourth-order valence-electron chi connectivity index (χ4n) is 3.52. The lowest BCUT2D eigenvalue weighted by molar-refractivity contribution is -0.122. The number of rotatable bonds is 7. The molecule has 1 aliphatic heterocycles. The molecule has 0 radical (unpaired) electrons. The average molecular weight is 340 g/mol. The Morgan fingerprint density at radius 2 is 2.12 bits per heavy atom. The fraction of sp³-hybridized carbons (Fsp3) is 0.524. The third kappa shape index (κ3) is 4.79. The molecular formula is C21H28N2O2. The van der Waals surface area contributed by atoms with E-state index in [0.717, 1.165) is 24.8 Å². The van der Waals surface area contributed by atoms with Gasteiger partial charge in [-0.05, 0) is 36.5 Å². The van der Waals surface area contributed by atoms with E-state index in [4.69, 9.17) is 4.74 Å². The summed E-state index contributed by atoms with van der Waals surface area (Å²) in [5, 5.41) is 4.38. The molecule has 0 aliphatic carbocycles. The summed E-state index contributed by atoms with van der Waals surface area (Å²) < 4.78 is 5.67. The number of carbonyl (C=O) groups excluding carboxylic acids is 1. The number of para-hydroxylation sites is 1. The maximum atomic E-state index is 12.2. The molecule has 1 aromatic carbocycles. The standard InChI is InChI=1S/C21H28N2O2/c1-15(2)6-5-9-21(24)23-20-14-25-13-17(20)12-16-10-11-22-19-8-4-3-7-18(16)19/h3-4,7-8,10-11,15,17,20H,5-6,9,12-14H2,1-2H3,(H,23,24)/t17-,20+/m1/s1. The van der Waals surface area contributed by atoms with Crippen LogP contribution in [0.4, 0.5) is 0 Å². The Morgan fingerprint density at radius 3 is 2.96 bits per heavy atom. The smallest absolute Gasteiger partial charge is 0.220 e. The summed E-state index contributed by atoms with van der Waals surface area (Å²) in [6.45, 7) is 5.70. The molecule has 0 saturated carbocycles. The number of fused-ring (bicyclic) bond motifs is 1. The van der Waals surface area contributed by atoms with Crippen LogP contribution < -0.4 is 5.32 Å². The van der Waals surface area contributed by atoms with Crippen LogP contribution in [-0.4, -0.2) is 30.1 Å². The summed E-state index contributed by atoms with van der Waals surface area (Å²) in [7, 11) is 0. The maximum Gasteiger partial charge on any atom is 0.220 e. The SMILES string of the molecule is CC(C)CCCC(=O)N[C@H]1COC[C@H]1Cc1ccnc2ccccc12. The fourth-order valence-corrected chi connectivity index (χ4v) is 3.52. The van der Waals surface area contributed by atoms with E-state index in [-0.39, 0.29) is 11.9 Å². The normalized spacial score (nSPS) is 20.3. The van der Waals surface area contributed by atoms with Gasteiger partial charge in [0.25, 0.3) is 0 Å². The third-order valence-corrected chi connectivity index (χ3v) is 4.95. The average Bonchev–Trinajstić information content (AvgIpc) is 3.01. The lowest BCUT2D eigenvalue weighted by Gasteiger charge is -2.20. The second-order valence-electron chi connectivity index (χ2n) is 7.45. The van der Waals surface area contributed by atoms with Crippen LogP contribution in [0, 0.1) is 11.8 Å². The summed E-state index contributed by atoms with van der Waals surface area (Å²) in [4.78, 5) is 16.6. The van der Waals surface area contributed by atoms with Gasteiger partial charge in [0.1, 0.15) is 0 Å². The van der Waals surface area contributed by atoms with Crippen LogP contribution >= 0.6 is 0 Å². The summed E-state index contributed by atoms with van der Waals surface area (Å²) in [5.41, 5.74) is 2.30. The van der Waals surface area contributed by atoms with Gasteiger partial charge < -0.3 is 10.1 Å². The number of hydrogen-bond acceptors (Lipinski definition) is 3. The van der Waals surface area contributed by atoms with Crippen molar-refractivity contribution in [2.24, 2.45) is 11.8 Å². The first-order chi connectivity index (χ1) is 12.1. The molecule has 1 fully saturated rings. The van der Waals surface area contributed by atoms with Gasteiger partial charge in [-0.25, -0.2) is 0 Å². The Morgan fingerprint density at radius 1 is 1.28 bits per heavy atom. The van der Waals surface area contributed by atoms with E-state index in [1.165, 1.54) is 10.9 Å². The zero-order valence-corrected chi connectivity index (χ0v) is 15.2. The van der Waals surface area contributed by atoms with E-state index >= 15 is 0 Å². The van der Waals surface area contributed by atoms with E-state index < -0.39 is 0 Å². The van der Waals surface area contributed by atoms with Crippen LogP contribution in [0.3, 0.4) is 0 Å². The number of aromatic nitrogens is 1. The van der Waals surface area contributed by atoms with Gasteiger partial charge in [0.2, 0.25) is 5.91 Å². The van der Waals surface area contributed by atoms with Gasteiger partial charge in [0, 0.05) is 23.9 Å². The molecule has 25 heavy (non-hydrogen) atoms. The van der Waals surface area contributed by atoms with Gasteiger partial charge in [-0.1, -0.05) is 38.5 Å². The molecule has 134 valence electrons. The molecule has 0 bridgehead atoms. The molecule has 4 heteroatoms. The monoisotopic (exact) mass is 340 g/mol. The summed E-state index contributed by atoms with van der Waals surface area (Å²) in [6, 6.07) is 10.4. The quantitative estimate of drug-likeness (QED) is 0.835. The number of pyridine rings is 1. The van der Waals surface area contributed by atoms with Crippen LogP contribution in [0.5, 0.6) is 0 Å². The Balaban J connectivity index is 1.61. The first-order valence-electron chi connectivity index (χ1n) is 9.33. The minimum absolute atomic E-state index is 0.110. The van der Waals surface area contributed by atoms with Crippen LogP contribution in [0.2, 0.25) is 0 Å². The number of benzene rings is 1. The predicted molar refractivity (Wildman–Crippen MR) is 100 cm³/mol. The minimum atomic E-state index is 0.110. The summed E-state index contributed by atoms with van der Waals surface area (Å²) in [5.74, 6) is 1.12. The molecule has 3 rings (SSSR count). The number of amides is 1. The Hall–Kier alpha value is -1.94. The zero-order chi connectivity index (χ0) is 17.6. The Labute approximate surface area is 150 Å². The largest absolute Gasteiger partial charge is 0.379 e. The molecule has 2 heterocycles. The van der Waals surface area contributed by atoms with Crippen molar-refractivity contribution in [1.29, 1.82) is 0 Å². The highest BCUT2D eigenvalue weighted by atomic mass is 16.5. The first-order valence-corrected chi connectivity index (χ1v) is 9.33. The maximum absolute atomic E-state index is 12.2. The van der Waals surface area contributed by atoms with E-state index in [1.807, 2.05) is 24.4 Å². The van der Waals surface area contributed by atoms with Gasteiger partial charge in [-0.2, -0.15) is 0 Å². The number of carbonyl (C=O) groups is 1. The first kappa shape index (κ1) is 17.9. The molecule has 4 nitrogen and oxygen atoms in total. The molecule has 2 atom stereocenters. The minimum Gasteiger partial charge on any atom is -0.379 e. The molecule has 0 unspecified atom stereocenters. The van der Waals surface area contributed by atoms with Gasteiger partial charge >= 0.3 is 0 Å². The van der Waals surface area contributed by atoms with Gasteiger partial charge in [0.15, 0.2) is 0 Å². The lowest BCUT2D eigenvalue weighted by atomic mass is 9.93. The van der Waals surface area contributed by atoms with Crippen molar-refractivity contribution in [2.45, 2.75) is 45.6 Å². The second-order valence-corrected chi connectivity index (χ2v) is 7.45. The van der Waals surface area contributed by atoms with Gasteiger partial charge in [0.05, 0.1) is 24.8 Å². The topological polar surface area (TPSA) is 51.2 Å². The summed E-state index contributed by atoms with van der Waals surface area (Å²) in [6.07, 6.45) is 5.43. The van der Waals surface area contributed by atoms with Crippen molar-refractivity contribution >= 4 is 16.8 Å². The van der Waals surface area contributed by atoms with Crippen LogP contribution in [0.15, 0.2) is 36.5 Å². The number of hydrogen-bond donors (Lipinski definition) is 1. The highest BCUT2D eigenvalue weighted by Crippen LogP contribution is 2.24. The van der Waals surface area contributed by atoms with Crippen LogP contribution in [0.1, 0.15) is 38.7 Å². The van der Waals surface area contributed by atoms with E-state index in [9.17, 15) is 4.79 Å². The Bertz CT molecular complexity index is 709. The van der Waals surface area contributed by atoms with Crippen molar-refractivity contribution in [2.75, 3.05) is 13.2 Å². The van der Waals surface area contributed by atoms with Crippen molar-refractivity contribution in [1.82, 2.24) is 10.3 Å². The number of ether oxygens (including phenoxy) is 1. The molecule has 0 spiro atoms. The van der Waals surface area contributed by atoms with Crippen LogP contribution in [-0.2, 0) is 16.0 Å². The molecule has 1 aliphatic rings. The second kappa shape index (κ2) is 8.43. The zero-order valence-electron chi connectivity index (χ0n) is 15.2. The summed E-state index contributed by atoms with van der Waals surface area (Å²) >= 11 is 0. The van der Waals surface area contributed by atoms with Gasteiger partial charge in [-0.3, -0.25) is 9.78 Å². The van der Waals surface area contributed by atoms with Crippen molar-refractivity contribution in [3.63, 3.8) is 0 Å².